The van der Waals surface area contributed by atoms with Crippen LogP contribution < -0.4 is 10.4 Å². The fraction of sp³-hybridized carbons (Fsp3) is 0.467. The van der Waals surface area contributed by atoms with E-state index in [1.807, 2.05) is 55.1 Å². The quantitative estimate of drug-likeness (QED) is 0.422. The maximum atomic E-state index is 14.0. The predicted octanol–water partition coefficient (Wildman–Crippen LogP) is 6.03. The Balaban J connectivity index is 1.50. The standard InChI is InChI=1S/C30H34ClNO5/c1-17-15-24(26-18(2)19(3)29(34)37-25(26)16-17)36-20(4)28(33)32-14-13-30(35)12-6-5-7-23(30)27(32)21-8-10-22(31)11-9-21/h8-11,15-16,20,23,27,35H,5-7,12-14H2,1-4H3/t20-,23-,27+,30+/m1/s1. The first-order chi connectivity index (χ1) is 17.6. The summed E-state index contributed by atoms with van der Waals surface area (Å²) in [6, 6.07) is 11.0. The third kappa shape index (κ3) is 4.66. The largest absolute Gasteiger partial charge is 0.480 e. The molecule has 0 unspecified atom stereocenters. The number of benzene rings is 2. The minimum Gasteiger partial charge on any atom is -0.480 e. The van der Waals surface area contributed by atoms with E-state index in [9.17, 15) is 14.7 Å². The first-order valence-corrected chi connectivity index (χ1v) is 13.5. The summed E-state index contributed by atoms with van der Waals surface area (Å²) in [5.74, 6) is 0.342. The van der Waals surface area contributed by atoms with Crippen molar-refractivity contribution >= 4 is 28.5 Å². The van der Waals surface area contributed by atoms with Crippen molar-refractivity contribution in [3.63, 3.8) is 0 Å². The van der Waals surface area contributed by atoms with Crippen molar-refractivity contribution in [3.8, 4) is 5.75 Å². The summed E-state index contributed by atoms with van der Waals surface area (Å²) in [5, 5.41) is 12.9. The molecule has 1 aliphatic heterocycles. The van der Waals surface area contributed by atoms with Gasteiger partial charge in [-0.25, -0.2) is 4.79 Å². The molecule has 4 atom stereocenters. The number of aliphatic hydroxyl groups is 1. The summed E-state index contributed by atoms with van der Waals surface area (Å²) >= 11 is 6.17. The summed E-state index contributed by atoms with van der Waals surface area (Å²) in [5.41, 5.74) is 2.46. The molecule has 7 heteroatoms. The molecule has 3 aromatic rings. The van der Waals surface area contributed by atoms with Crippen LogP contribution in [0.5, 0.6) is 5.75 Å². The number of ether oxygens (including phenoxy) is 1. The van der Waals surface area contributed by atoms with Crippen LogP contribution in [-0.4, -0.2) is 34.2 Å². The molecule has 196 valence electrons. The summed E-state index contributed by atoms with van der Waals surface area (Å²) in [4.78, 5) is 28.1. The van der Waals surface area contributed by atoms with Crippen LogP contribution in [-0.2, 0) is 4.79 Å². The number of carbonyl (C=O) groups excluding carboxylic acids is 1. The zero-order valence-electron chi connectivity index (χ0n) is 21.8. The van der Waals surface area contributed by atoms with Crippen LogP contribution in [0.1, 0.15) is 67.3 Å². The van der Waals surface area contributed by atoms with E-state index in [1.54, 1.807) is 13.8 Å². The molecule has 0 bridgehead atoms. The molecule has 1 N–H and O–H groups in total. The van der Waals surface area contributed by atoms with Crippen molar-refractivity contribution in [1.29, 1.82) is 0 Å². The van der Waals surface area contributed by atoms with Crippen LogP contribution in [0.25, 0.3) is 11.0 Å². The summed E-state index contributed by atoms with van der Waals surface area (Å²) < 4.78 is 11.9. The van der Waals surface area contributed by atoms with Crippen molar-refractivity contribution in [1.82, 2.24) is 4.90 Å². The Morgan fingerprint density at radius 1 is 1.14 bits per heavy atom. The minimum absolute atomic E-state index is 0.0497. The van der Waals surface area contributed by atoms with Crippen molar-refractivity contribution in [3.05, 3.63) is 74.1 Å². The lowest BCUT2D eigenvalue weighted by Crippen LogP contribution is -2.58. The second-order valence-corrected chi connectivity index (χ2v) is 11.2. The Morgan fingerprint density at radius 3 is 2.59 bits per heavy atom. The van der Waals surface area contributed by atoms with Gasteiger partial charge in [0.15, 0.2) is 6.10 Å². The van der Waals surface area contributed by atoms with Gasteiger partial charge in [-0.1, -0.05) is 36.6 Å². The summed E-state index contributed by atoms with van der Waals surface area (Å²) in [6.45, 7) is 7.72. The van der Waals surface area contributed by atoms with E-state index in [4.69, 9.17) is 20.8 Å². The fourth-order valence-electron chi connectivity index (χ4n) is 6.26. The number of aryl methyl sites for hydroxylation is 2. The maximum absolute atomic E-state index is 14.0. The zero-order valence-corrected chi connectivity index (χ0v) is 22.6. The van der Waals surface area contributed by atoms with Gasteiger partial charge in [-0.2, -0.15) is 0 Å². The highest BCUT2D eigenvalue weighted by molar-refractivity contribution is 6.30. The molecule has 37 heavy (non-hydrogen) atoms. The van der Waals surface area contributed by atoms with Crippen LogP contribution >= 0.6 is 11.6 Å². The van der Waals surface area contributed by atoms with Gasteiger partial charge in [-0.05, 0) is 87.9 Å². The Hall–Kier alpha value is -2.83. The third-order valence-electron chi connectivity index (χ3n) is 8.37. The van der Waals surface area contributed by atoms with Crippen LogP contribution in [0.3, 0.4) is 0 Å². The van der Waals surface area contributed by atoms with Gasteiger partial charge in [-0.15, -0.1) is 0 Å². The Morgan fingerprint density at radius 2 is 1.86 bits per heavy atom. The molecule has 0 spiro atoms. The number of piperidine rings is 1. The van der Waals surface area contributed by atoms with Gasteiger partial charge in [0.25, 0.3) is 5.91 Å². The number of halogens is 1. The molecule has 1 saturated carbocycles. The highest BCUT2D eigenvalue weighted by Gasteiger charge is 2.50. The molecular formula is C30H34ClNO5. The number of carbonyl (C=O) groups is 1. The Labute approximate surface area is 222 Å². The highest BCUT2D eigenvalue weighted by atomic mass is 35.5. The Bertz CT molecular complexity index is 1400. The number of likely N-dealkylation sites (tertiary alicyclic amines) is 1. The summed E-state index contributed by atoms with van der Waals surface area (Å²) in [7, 11) is 0. The van der Waals surface area contributed by atoms with E-state index in [-0.39, 0.29) is 23.5 Å². The first-order valence-electron chi connectivity index (χ1n) is 13.1. The number of hydrogen-bond donors (Lipinski definition) is 1. The van der Waals surface area contributed by atoms with E-state index >= 15 is 0 Å². The Kier molecular flexibility index (Phi) is 6.84. The average Bonchev–Trinajstić information content (AvgIpc) is 2.86. The van der Waals surface area contributed by atoms with Gasteiger partial charge in [0.2, 0.25) is 0 Å². The van der Waals surface area contributed by atoms with Crippen molar-refractivity contribution in [2.45, 2.75) is 77.5 Å². The average molecular weight is 524 g/mol. The molecule has 1 aliphatic carbocycles. The molecule has 1 aromatic heterocycles. The van der Waals surface area contributed by atoms with E-state index in [1.165, 1.54) is 0 Å². The van der Waals surface area contributed by atoms with Crippen molar-refractivity contribution in [2.75, 3.05) is 6.54 Å². The monoisotopic (exact) mass is 523 g/mol. The molecule has 2 aromatic carbocycles. The zero-order chi connectivity index (χ0) is 26.5. The van der Waals surface area contributed by atoms with Gasteiger partial charge >= 0.3 is 5.63 Å². The number of amides is 1. The van der Waals surface area contributed by atoms with Crippen LogP contribution in [0, 0.1) is 26.7 Å². The predicted molar refractivity (Wildman–Crippen MR) is 144 cm³/mol. The van der Waals surface area contributed by atoms with Crippen LogP contribution in [0.4, 0.5) is 0 Å². The van der Waals surface area contributed by atoms with Gasteiger partial charge in [0, 0.05) is 23.0 Å². The minimum atomic E-state index is -0.777. The van der Waals surface area contributed by atoms with Crippen LogP contribution in [0.2, 0.25) is 5.02 Å². The lowest BCUT2D eigenvalue weighted by atomic mass is 9.66. The molecule has 2 heterocycles. The van der Waals surface area contributed by atoms with Gasteiger partial charge < -0.3 is 19.2 Å². The van der Waals surface area contributed by atoms with Gasteiger partial charge in [0.1, 0.15) is 11.3 Å². The topological polar surface area (TPSA) is 80.0 Å². The van der Waals surface area contributed by atoms with E-state index < -0.39 is 11.7 Å². The molecule has 1 saturated heterocycles. The number of hydrogen-bond acceptors (Lipinski definition) is 5. The normalized spacial score (nSPS) is 24.5. The lowest BCUT2D eigenvalue weighted by molar-refractivity contribution is -0.161. The first kappa shape index (κ1) is 25.8. The number of nitrogens with zero attached hydrogens (tertiary/aromatic N) is 1. The molecular weight excluding hydrogens is 490 g/mol. The van der Waals surface area contributed by atoms with Gasteiger partial charge in [0.05, 0.1) is 17.0 Å². The number of fused-ring (bicyclic) bond motifs is 2. The molecule has 0 radical (unpaired) electrons. The fourth-order valence-corrected chi connectivity index (χ4v) is 6.38. The van der Waals surface area contributed by atoms with Gasteiger partial charge in [-0.3, -0.25) is 4.79 Å². The second kappa shape index (κ2) is 9.80. The third-order valence-corrected chi connectivity index (χ3v) is 8.62. The number of rotatable bonds is 4. The lowest BCUT2D eigenvalue weighted by Gasteiger charge is -2.53. The molecule has 1 amide bonds. The molecule has 2 fully saturated rings. The van der Waals surface area contributed by atoms with E-state index in [2.05, 4.69) is 0 Å². The second-order valence-electron chi connectivity index (χ2n) is 10.8. The molecule has 2 aliphatic rings. The smallest absolute Gasteiger partial charge is 0.339 e. The maximum Gasteiger partial charge on any atom is 0.339 e. The van der Waals surface area contributed by atoms with Crippen LogP contribution in [0.15, 0.2) is 45.6 Å². The van der Waals surface area contributed by atoms with E-state index in [0.29, 0.717) is 40.3 Å². The van der Waals surface area contributed by atoms with Crippen molar-refractivity contribution < 1.29 is 19.1 Å². The SMILES string of the molecule is Cc1cc(O[C@H](C)C(=O)N2CC[C@@]3(O)CCCC[C@@H]3[C@@H]2c2ccc(Cl)cc2)c2c(C)c(C)c(=O)oc2c1. The summed E-state index contributed by atoms with van der Waals surface area (Å²) in [6.07, 6.45) is 3.43. The molecule has 5 rings (SSSR count). The highest BCUT2D eigenvalue weighted by Crippen LogP contribution is 2.49. The van der Waals surface area contributed by atoms with Crippen molar-refractivity contribution in [2.24, 2.45) is 5.92 Å². The molecule has 6 nitrogen and oxygen atoms in total. The van der Waals surface area contributed by atoms with E-state index in [0.717, 1.165) is 42.4 Å².